The van der Waals surface area contributed by atoms with Gasteiger partial charge in [0.1, 0.15) is 12.4 Å². The van der Waals surface area contributed by atoms with Gasteiger partial charge in [0.05, 0.1) is 12.5 Å². The first kappa shape index (κ1) is 23.5. The lowest BCUT2D eigenvalue weighted by atomic mass is 9.79. The molecule has 0 radical (unpaired) electrons. The Balaban J connectivity index is 1.71. The molecular weight excluding hydrogens is 428 g/mol. The molecule has 0 aromatic heterocycles. The number of carboxylic acid groups (broad SMARTS) is 1. The molecule has 33 heavy (non-hydrogen) atoms. The number of carbonyl (C=O) groups is 2. The molecule has 0 saturated heterocycles. The van der Waals surface area contributed by atoms with E-state index >= 15 is 0 Å². The van der Waals surface area contributed by atoms with Gasteiger partial charge in [0.15, 0.2) is 0 Å². The van der Waals surface area contributed by atoms with Crippen LogP contribution in [-0.2, 0) is 21.7 Å². The summed E-state index contributed by atoms with van der Waals surface area (Å²) in [4.78, 5) is 39.4. The number of aliphatic carboxylic acids is 1. The highest BCUT2D eigenvalue weighted by Crippen LogP contribution is 2.31. The van der Waals surface area contributed by atoms with Crippen molar-refractivity contribution in [3.05, 3.63) is 87.5 Å². The maximum absolute atomic E-state index is 12.5. The molecule has 9 nitrogen and oxygen atoms in total. The number of nitrogens with zero attached hydrogens (tertiary/aromatic N) is 1. The van der Waals surface area contributed by atoms with Gasteiger partial charge in [-0.2, -0.15) is 0 Å². The van der Waals surface area contributed by atoms with Gasteiger partial charge in [-0.15, -0.1) is 10.1 Å². The minimum atomic E-state index is -1.22. The summed E-state index contributed by atoms with van der Waals surface area (Å²) in [5, 5.41) is 24.0. The first-order valence-electron chi connectivity index (χ1n) is 10.2. The number of fused-ring (bicyclic) bond motifs is 1. The lowest BCUT2D eigenvalue weighted by Gasteiger charge is -2.26. The minimum absolute atomic E-state index is 0.123. The van der Waals surface area contributed by atoms with Gasteiger partial charge in [-0.05, 0) is 59.5 Å². The molecule has 1 amide bonds. The number of nitrogens with one attached hydrogen (secondary N) is 1. The van der Waals surface area contributed by atoms with Crippen molar-refractivity contribution >= 4 is 22.6 Å². The van der Waals surface area contributed by atoms with Crippen LogP contribution < -0.4 is 10.1 Å². The van der Waals surface area contributed by atoms with Crippen molar-refractivity contribution in [3.63, 3.8) is 0 Å². The van der Waals surface area contributed by atoms with E-state index in [2.05, 4.69) is 10.2 Å². The molecule has 3 aromatic carbocycles. The zero-order valence-corrected chi connectivity index (χ0v) is 18.2. The Labute approximate surface area is 190 Å². The molecule has 0 fully saturated rings. The van der Waals surface area contributed by atoms with Crippen LogP contribution in [0.2, 0.25) is 0 Å². The fraction of sp³-hybridized carbons (Fsp3) is 0.250. The number of carboxylic acids is 1. The van der Waals surface area contributed by atoms with E-state index in [1.165, 1.54) is 6.07 Å². The fourth-order valence-corrected chi connectivity index (χ4v) is 3.53. The van der Waals surface area contributed by atoms with E-state index in [1.807, 2.05) is 30.3 Å². The molecule has 1 atom stereocenters. The van der Waals surface area contributed by atoms with E-state index in [9.17, 15) is 24.8 Å². The van der Waals surface area contributed by atoms with Crippen LogP contribution in [0.1, 0.15) is 34.8 Å². The average Bonchev–Trinajstić information content (AvgIpc) is 2.81. The third-order valence-corrected chi connectivity index (χ3v) is 5.59. The Bertz CT molecular complexity index is 1190. The highest BCUT2D eigenvalue weighted by molar-refractivity contribution is 5.94. The highest BCUT2D eigenvalue weighted by atomic mass is 16.9. The molecule has 0 bridgehead atoms. The van der Waals surface area contributed by atoms with Gasteiger partial charge in [0, 0.05) is 12.1 Å². The number of hydrogen-bond donors (Lipinski definition) is 2. The van der Waals surface area contributed by atoms with E-state index in [4.69, 9.17) is 4.74 Å². The van der Waals surface area contributed by atoms with E-state index in [0.29, 0.717) is 22.4 Å². The Hall–Kier alpha value is -4.14. The summed E-state index contributed by atoms with van der Waals surface area (Å²) < 4.78 is 5.23. The van der Waals surface area contributed by atoms with Crippen molar-refractivity contribution < 1.29 is 29.4 Å². The minimum Gasteiger partial charge on any atom is -0.497 e. The Morgan fingerprint density at radius 1 is 1.09 bits per heavy atom. The summed E-state index contributed by atoms with van der Waals surface area (Å²) in [5.41, 5.74) is 0.183. The van der Waals surface area contributed by atoms with Crippen LogP contribution in [0.15, 0.2) is 60.7 Å². The fourth-order valence-electron chi connectivity index (χ4n) is 3.53. The zero-order chi connectivity index (χ0) is 24.0. The number of ether oxygens (including phenoxy) is 1. The maximum Gasteiger partial charge on any atom is 0.313 e. The van der Waals surface area contributed by atoms with Gasteiger partial charge >= 0.3 is 5.97 Å². The smallest absolute Gasteiger partial charge is 0.313 e. The number of hydrogen-bond acceptors (Lipinski definition) is 6. The van der Waals surface area contributed by atoms with Crippen molar-refractivity contribution in [1.29, 1.82) is 0 Å². The quantitative estimate of drug-likeness (QED) is 0.354. The Morgan fingerprint density at radius 2 is 1.82 bits per heavy atom. The molecule has 9 heteroatoms. The van der Waals surface area contributed by atoms with E-state index in [-0.39, 0.29) is 19.6 Å². The number of carbonyl (C=O) groups excluding carboxylic acids is 1. The van der Waals surface area contributed by atoms with E-state index in [0.717, 1.165) is 10.8 Å². The SMILES string of the molecule is COc1ccc2cc([C@](C)(CCNC(=O)c3cccc(CO[N+](=O)[O-])c3)C(=O)O)ccc2c1. The summed E-state index contributed by atoms with van der Waals surface area (Å²) in [5.74, 6) is -0.687. The maximum atomic E-state index is 12.5. The standard InChI is InChI=1S/C24H24N2O7/c1-24(23(28)29,20-8-6-18-14-21(32-2)9-7-17(18)13-20)10-11-25-22(27)19-5-3-4-16(12-19)15-33-26(30)31/h3-9,12-14H,10-11,15H2,1-2H3,(H,25,27)(H,28,29)/t24-/m0/s1. The summed E-state index contributed by atoms with van der Waals surface area (Å²) in [7, 11) is 1.59. The molecule has 0 heterocycles. The topological polar surface area (TPSA) is 128 Å². The van der Waals surface area contributed by atoms with Gasteiger partial charge < -0.3 is 20.0 Å². The third kappa shape index (κ3) is 5.57. The molecule has 0 aliphatic carbocycles. The zero-order valence-electron chi connectivity index (χ0n) is 18.2. The van der Waals surface area contributed by atoms with Crippen LogP contribution >= 0.6 is 0 Å². The van der Waals surface area contributed by atoms with Gasteiger partial charge in [0.25, 0.3) is 11.0 Å². The van der Waals surface area contributed by atoms with Crippen LogP contribution in [0, 0.1) is 10.1 Å². The van der Waals surface area contributed by atoms with Crippen LogP contribution in [0.3, 0.4) is 0 Å². The Morgan fingerprint density at radius 3 is 2.52 bits per heavy atom. The van der Waals surface area contributed by atoms with E-state index < -0.39 is 22.4 Å². The lowest BCUT2D eigenvalue weighted by Crippen LogP contribution is -2.37. The first-order valence-corrected chi connectivity index (χ1v) is 10.2. The predicted octanol–water partition coefficient (Wildman–Crippen LogP) is 3.72. The van der Waals surface area contributed by atoms with Gasteiger partial charge in [-0.3, -0.25) is 9.59 Å². The highest BCUT2D eigenvalue weighted by Gasteiger charge is 2.35. The van der Waals surface area contributed by atoms with Crippen molar-refractivity contribution in [2.45, 2.75) is 25.4 Å². The van der Waals surface area contributed by atoms with Crippen LogP contribution in [0.5, 0.6) is 5.75 Å². The number of methoxy groups -OCH3 is 1. The molecule has 2 N–H and O–H groups in total. The summed E-state index contributed by atoms with van der Waals surface area (Å²) in [6, 6.07) is 17.3. The second kappa shape index (κ2) is 9.99. The van der Waals surface area contributed by atoms with Crippen LogP contribution in [0.25, 0.3) is 10.8 Å². The van der Waals surface area contributed by atoms with Crippen molar-refractivity contribution in [2.75, 3.05) is 13.7 Å². The summed E-state index contributed by atoms with van der Waals surface area (Å²) >= 11 is 0. The van der Waals surface area contributed by atoms with Gasteiger partial charge in [-0.25, -0.2) is 0 Å². The average molecular weight is 452 g/mol. The normalized spacial score (nSPS) is 12.5. The number of amides is 1. The second-order valence-electron chi connectivity index (χ2n) is 7.77. The van der Waals surface area contributed by atoms with Crippen molar-refractivity contribution in [1.82, 2.24) is 5.32 Å². The molecule has 0 aliphatic rings. The third-order valence-electron chi connectivity index (χ3n) is 5.59. The largest absolute Gasteiger partial charge is 0.497 e. The molecule has 3 aromatic rings. The summed E-state index contributed by atoms with van der Waals surface area (Å²) in [6.45, 7) is 1.48. The van der Waals surface area contributed by atoms with Crippen molar-refractivity contribution in [3.8, 4) is 5.75 Å². The second-order valence-corrected chi connectivity index (χ2v) is 7.77. The van der Waals surface area contributed by atoms with Gasteiger partial charge in [0.2, 0.25) is 0 Å². The molecule has 0 unspecified atom stereocenters. The first-order chi connectivity index (χ1) is 15.7. The molecule has 172 valence electrons. The molecule has 0 saturated carbocycles. The van der Waals surface area contributed by atoms with Crippen LogP contribution in [0.4, 0.5) is 0 Å². The number of rotatable bonds is 10. The molecule has 3 rings (SSSR count). The van der Waals surface area contributed by atoms with E-state index in [1.54, 1.807) is 38.3 Å². The molecular formula is C24H24N2O7. The Kier molecular flexibility index (Phi) is 7.12. The molecule has 0 aliphatic heterocycles. The monoisotopic (exact) mass is 452 g/mol. The van der Waals surface area contributed by atoms with Gasteiger partial charge in [-0.1, -0.05) is 36.4 Å². The molecule has 0 spiro atoms. The van der Waals surface area contributed by atoms with Crippen LogP contribution in [-0.4, -0.2) is 35.7 Å². The lowest BCUT2D eigenvalue weighted by molar-refractivity contribution is -0.763. The number of benzene rings is 3. The van der Waals surface area contributed by atoms with Crippen molar-refractivity contribution in [2.24, 2.45) is 0 Å². The predicted molar refractivity (Wildman–Crippen MR) is 121 cm³/mol. The summed E-state index contributed by atoms with van der Waals surface area (Å²) in [6.07, 6.45) is 0.167.